The van der Waals surface area contributed by atoms with E-state index in [4.69, 9.17) is 5.11 Å². The molecule has 1 aliphatic heterocycles. The van der Waals surface area contributed by atoms with Crippen molar-refractivity contribution in [3.8, 4) is 0 Å². The Hall–Kier alpha value is -0.830. The first-order valence-electron chi connectivity index (χ1n) is 5.24. The lowest BCUT2D eigenvalue weighted by molar-refractivity contribution is -0.131. The third-order valence-corrected chi connectivity index (χ3v) is 2.82. The Balaban J connectivity index is 2.32. The topological polar surface area (TPSA) is 40.5 Å². The predicted octanol–water partition coefficient (Wildman–Crippen LogP) is 1.75. The van der Waals surface area contributed by atoms with Gasteiger partial charge in [-0.25, -0.2) is 4.79 Å². The van der Waals surface area contributed by atoms with Gasteiger partial charge in [0.15, 0.2) is 0 Å². The van der Waals surface area contributed by atoms with Crippen LogP contribution in [0.15, 0.2) is 12.2 Å². The molecule has 0 bridgehead atoms. The molecule has 0 aromatic carbocycles. The summed E-state index contributed by atoms with van der Waals surface area (Å²) in [6.45, 7) is 6.58. The van der Waals surface area contributed by atoms with Gasteiger partial charge in [0, 0.05) is 12.1 Å². The molecule has 0 aliphatic carbocycles. The summed E-state index contributed by atoms with van der Waals surface area (Å²) in [4.78, 5) is 12.8. The number of aliphatic carboxylic acids is 1. The molecule has 1 fully saturated rings. The van der Waals surface area contributed by atoms with Crippen LogP contribution in [0, 0.1) is 5.92 Å². The zero-order valence-corrected chi connectivity index (χ0v) is 8.94. The van der Waals surface area contributed by atoms with Gasteiger partial charge in [0.1, 0.15) is 0 Å². The van der Waals surface area contributed by atoms with Crippen molar-refractivity contribution in [1.29, 1.82) is 0 Å². The van der Waals surface area contributed by atoms with Crippen molar-refractivity contribution in [1.82, 2.24) is 4.90 Å². The van der Waals surface area contributed by atoms with E-state index in [2.05, 4.69) is 18.7 Å². The number of carboxylic acid groups (broad SMARTS) is 1. The van der Waals surface area contributed by atoms with E-state index >= 15 is 0 Å². The number of nitrogens with zero attached hydrogens (tertiary/aromatic N) is 1. The molecular weight excluding hydrogens is 178 g/mol. The highest BCUT2D eigenvalue weighted by molar-refractivity contribution is 5.79. The average Bonchev–Trinajstić information content (AvgIpc) is 2.15. The summed E-state index contributed by atoms with van der Waals surface area (Å²) in [5.41, 5.74) is 0. The monoisotopic (exact) mass is 197 g/mol. The van der Waals surface area contributed by atoms with E-state index < -0.39 is 5.97 Å². The van der Waals surface area contributed by atoms with Gasteiger partial charge >= 0.3 is 5.97 Å². The van der Waals surface area contributed by atoms with Crippen LogP contribution in [0.5, 0.6) is 0 Å². The standard InChI is InChI=1S/C11H19NO2/c1-9(2)12-7-5-10(6-8-12)3-4-11(13)14/h3-4,9-10H,5-8H2,1-2H3,(H,13,14)/b4-3+. The Morgan fingerprint density at radius 3 is 2.43 bits per heavy atom. The van der Waals surface area contributed by atoms with Gasteiger partial charge in [-0.1, -0.05) is 6.08 Å². The Morgan fingerprint density at radius 2 is 2.00 bits per heavy atom. The molecule has 0 radical (unpaired) electrons. The van der Waals surface area contributed by atoms with E-state index in [1.165, 1.54) is 6.08 Å². The van der Waals surface area contributed by atoms with E-state index in [0.717, 1.165) is 25.9 Å². The fraction of sp³-hybridized carbons (Fsp3) is 0.727. The van der Waals surface area contributed by atoms with Crippen LogP contribution in [-0.4, -0.2) is 35.1 Å². The molecule has 1 rings (SSSR count). The van der Waals surface area contributed by atoms with Crippen LogP contribution in [0.1, 0.15) is 26.7 Å². The van der Waals surface area contributed by atoms with Gasteiger partial charge in [0.2, 0.25) is 0 Å². The molecule has 0 atom stereocenters. The van der Waals surface area contributed by atoms with Crippen molar-refractivity contribution in [2.45, 2.75) is 32.7 Å². The lowest BCUT2D eigenvalue weighted by Crippen LogP contribution is -2.38. The molecule has 1 N–H and O–H groups in total. The van der Waals surface area contributed by atoms with E-state index in [1.807, 2.05) is 6.08 Å². The molecule has 1 saturated heterocycles. The van der Waals surface area contributed by atoms with E-state index in [-0.39, 0.29) is 0 Å². The van der Waals surface area contributed by atoms with Gasteiger partial charge in [0.05, 0.1) is 0 Å². The van der Waals surface area contributed by atoms with Crippen molar-refractivity contribution in [3.63, 3.8) is 0 Å². The molecule has 1 heterocycles. The minimum atomic E-state index is -0.837. The molecule has 80 valence electrons. The summed E-state index contributed by atoms with van der Waals surface area (Å²) >= 11 is 0. The van der Waals surface area contributed by atoms with Gasteiger partial charge in [-0.05, 0) is 45.7 Å². The molecule has 3 heteroatoms. The maximum Gasteiger partial charge on any atom is 0.327 e. The van der Waals surface area contributed by atoms with Gasteiger partial charge in [0.25, 0.3) is 0 Å². The van der Waals surface area contributed by atoms with Crippen molar-refractivity contribution in [2.24, 2.45) is 5.92 Å². The average molecular weight is 197 g/mol. The summed E-state index contributed by atoms with van der Waals surface area (Å²) in [6.07, 6.45) is 5.28. The molecule has 0 amide bonds. The zero-order chi connectivity index (χ0) is 10.6. The highest BCUT2D eigenvalue weighted by Crippen LogP contribution is 2.19. The highest BCUT2D eigenvalue weighted by atomic mass is 16.4. The summed E-state index contributed by atoms with van der Waals surface area (Å²) in [5, 5.41) is 8.49. The van der Waals surface area contributed by atoms with Crippen molar-refractivity contribution < 1.29 is 9.90 Å². The second-order valence-corrected chi connectivity index (χ2v) is 4.16. The van der Waals surface area contributed by atoms with E-state index in [0.29, 0.717) is 12.0 Å². The summed E-state index contributed by atoms with van der Waals surface area (Å²) in [6, 6.07) is 0.611. The minimum Gasteiger partial charge on any atom is -0.478 e. The Bertz CT molecular complexity index is 215. The molecule has 0 saturated carbocycles. The number of carboxylic acids is 1. The smallest absolute Gasteiger partial charge is 0.327 e. The maximum absolute atomic E-state index is 10.3. The third-order valence-electron chi connectivity index (χ3n) is 2.82. The molecule has 0 aromatic rings. The second kappa shape index (κ2) is 5.15. The number of carbonyl (C=O) groups is 1. The number of hydrogen-bond acceptors (Lipinski definition) is 2. The second-order valence-electron chi connectivity index (χ2n) is 4.16. The van der Waals surface area contributed by atoms with Gasteiger partial charge in [-0.3, -0.25) is 0 Å². The Labute approximate surface area is 85.4 Å². The van der Waals surface area contributed by atoms with Gasteiger partial charge in [-0.15, -0.1) is 0 Å². The lowest BCUT2D eigenvalue weighted by Gasteiger charge is -2.33. The molecule has 1 aliphatic rings. The van der Waals surface area contributed by atoms with Gasteiger partial charge < -0.3 is 10.0 Å². The van der Waals surface area contributed by atoms with E-state index in [1.54, 1.807) is 0 Å². The van der Waals surface area contributed by atoms with Crippen molar-refractivity contribution in [2.75, 3.05) is 13.1 Å². The summed E-state index contributed by atoms with van der Waals surface area (Å²) < 4.78 is 0. The lowest BCUT2D eigenvalue weighted by atomic mass is 9.95. The van der Waals surface area contributed by atoms with Crippen LogP contribution in [0.25, 0.3) is 0 Å². The third kappa shape index (κ3) is 3.50. The first-order valence-corrected chi connectivity index (χ1v) is 5.24. The minimum absolute atomic E-state index is 0.459. The SMILES string of the molecule is CC(C)N1CCC(/C=C/C(=O)O)CC1. The molecule has 3 nitrogen and oxygen atoms in total. The quantitative estimate of drug-likeness (QED) is 0.701. The largest absolute Gasteiger partial charge is 0.478 e. The first kappa shape index (κ1) is 11.2. The predicted molar refractivity (Wildman–Crippen MR) is 56.2 cm³/mol. The first-order chi connectivity index (χ1) is 6.59. The number of allylic oxidation sites excluding steroid dienone is 1. The maximum atomic E-state index is 10.3. The van der Waals surface area contributed by atoms with Crippen molar-refractivity contribution >= 4 is 5.97 Å². The number of likely N-dealkylation sites (tertiary alicyclic amines) is 1. The molecule has 0 unspecified atom stereocenters. The van der Waals surface area contributed by atoms with Crippen LogP contribution in [0.4, 0.5) is 0 Å². The zero-order valence-electron chi connectivity index (χ0n) is 8.94. The van der Waals surface area contributed by atoms with Crippen LogP contribution in [-0.2, 0) is 4.79 Å². The molecule has 0 aromatic heterocycles. The normalized spacial score (nSPS) is 20.8. The number of piperidine rings is 1. The summed E-state index contributed by atoms with van der Waals surface area (Å²) in [7, 11) is 0. The van der Waals surface area contributed by atoms with Gasteiger partial charge in [-0.2, -0.15) is 0 Å². The summed E-state index contributed by atoms with van der Waals surface area (Å²) in [5.74, 6) is -0.377. The Morgan fingerprint density at radius 1 is 1.43 bits per heavy atom. The van der Waals surface area contributed by atoms with Crippen LogP contribution >= 0.6 is 0 Å². The highest BCUT2D eigenvalue weighted by Gasteiger charge is 2.18. The van der Waals surface area contributed by atoms with E-state index in [9.17, 15) is 4.79 Å². The number of rotatable bonds is 3. The van der Waals surface area contributed by atoms with Crippen LogP contribution in [0.2, 0.25) is 0 Å². The fourth-order valence-corrected chi connectivity index (χ4v) is 1.85. The van der Waals surface area contributed by atoms with Crippen LogP contribution < -0.4 is 0 Å². The molecule has 0 spiro atoms. The molecule has 14 heavy (non-hydrogen) atoms. The van der Waals surface area contributed by atoms with Crippen LogP contribution in [0.3, 0.4) is 0 Å². The number of hydrogen-bond donors (Lipinski definition) is 1. The fourth-order valence-electron chi connectivity index (χ4n) is 1.85. The Kier molecular flexibility index (Phi) is 4.14. The molecular formula is C11H19NO2. The van der Waals surface area contributed by atoms with Crippen molar-refractivity contribution in [3.05, 3.63) is 12.2 Å².